The molecule has 1 aromatic rings. The van der Waals surface area contributed by atoms with Crippen LogP contribution in [0.15, 0.2) is 6.33 Å². The lowest BCUT2D eigenvalue weighted by Crippen LogP contribution is -2.36. The van der Waals surface area contributed by atoms with Crippen molar-refractivity contribution < 1.29 is 4.39 Å². The predicted molar refractivity (Wildman–Crippen MR) is 61.9 cm³/mol. The maximum Gasteiger partial charge on any atom is 0.138 e. The number of hydrogen-bond donors (Lipinski definition) is 1. The minimum absolute atomic E-state index is 0.0335. The molecule has 0 amide bonds. The Bertz CT molecular complexity index is 324. The Morgan fingerprint density at radius 1 is 1.56 bits per heavy atom. The van der Waals surface area contributed by atoms with Crippen LogP contribution in [0, 0.1) is 0 Å². The van der Waals surface area contributed by atoms with Gasteiger partial charge in [-0.15, -0.1) is 0 Å². The van der Waals surface area contributed by atoms with E-state index in [1.54, 1.807) is 4.68 Å². The highest BCUT2D eigenvalue weighted by atomic mass is 19.1. The third kappa shape index (κ3) is 3.01. The SMILES string of the molecule is CCCC(F)(CN)Cc1ncnn1C(C)C. The number of alkyl halides is 1. The van der Waals surface area contributed by atoms with Crippen LogP contribution in [0.4, 0.5) is 4.39 Å². The van der Waals surface area contributed by atoms with Crippen LogP contribution < -0.4 is 5.73 Å². The van der Waals surface area contributed by atoms with Crippen LogP contribution in [0.25, 0.3) is 0 Å². The summed E-state index contributed by atoms with van der Waals surface area (Å²) in [5, 5.41) is 4.09. The number of halogens is 1. The summed E-state index contributed by atoms with van der Waals surface area (Å²) >= 11 is 0. The van der Waals surface area contributed by atoms with Gasteiger partial charge in [-0.2, -0.15) is 5.10 Å². The first-order valence-corrected chi connectivity index (χ1v) is 5.80. The molecule has 0 aromatic carbocycles. The first kappa shape index (κ1) is 13.1. The predicted octanol–water partition coefficient (Wildman–Crippen LogP) is 1.87. The van der Waals surface area contributed by atoms with Crippen molar-refractivity contribution in [2.75, 3.05) is 6.54 Å². The van der Waals surface area contributed by atoms with Crippen molar-refractivity contribution in [2.24, 2.45) is 5.73 Å². The lowest BCUT2D eigenvalue weighted by Gasteiger charge is -2.23. The van der Waals surface area contributed by atoms with Gasteiger partial charge in [0.05, 0.1) is 0 Å². The van der Waals surface area contributed by atoms with Crippen molar-refractivity contribution >= 4 is 0 Å². The van der Waals surface area contributed by atoms with Gasteiger partial charge in [0, 0.05) is 19.0 Å². The van der Waals surface area contributed by atoms with Crippen LogP contribution in [0.2, 0.25) is 0 Å². The van der Waals surface area contributed by atoms with E-state index in [2.05, 4.69) is 10.1 Å². The van der Waals surface area contributed by atoms with Gasteiger partial charge in [-0.25, -0.2) is 14.1 Å². The molecule has 0 spiro atoms. The Kier molecular flexibility index (Phi) is 4.41. The van der Waals surface area contributed by atoms with Gasteiger partial charge in [0.1, 0.15) is 17.8 Å². The first-order chi connectivity index (χ1) is 7.52. The summed E-state index contributed by atoms with van der Waals surface area (Å²) in [7, 11) is 0. The maximum atomic E-state index is 14.3. The zero-order valence-corrected chi connectivity index (χ0v) is 10.3. The van der Waals surface area contributed by atoms with Crippen molar-refractivity contribution in [1.82, 2.24) is 14.8 Å². The summed E-state index contributed by atoms with van der Waals surface area (Å²) in [6.45, 7) is 5.99. The average Bonchev–Trinajstić information content (AvgIpc) is 2.66. The number of hydrogen-bond acceptors (Lipinski definition) is 3. The molecule has 1 heterocycles. The molecule has 0 aliphatic carbocycles. The molecule has 0 saturated carbocycles. The Hall–Kier alpha value is -0.970. The summed E-state index contributed by atoms with van der Waals surface area (Å²) in [6, 6.07) is 0.196. The summed E-state index contributed by atoms with van der Waals surface area (Å²) in [4.78, 5) is 4.11. The molecule has 1 rings (SSSR count). The molecule has 0 fully saturated rings. The van der Waals surface area contributed by atoms with E-state index in [9.17, 15) is 4.39 Å². The maximum absolute atomic E-state index is 14.3. The highest BCUT2D eigenvalue weighted by Crippen LogP contribution is 2.22. The molecule has 1 unspecified atom stereocenters. The third-order valence-corrected chi connectivity index (χ3v) is 2.68. The van der Waals surface area contributed by atoms with Crippen molar-refractivity contribution in [3.05, 3.63) is 12.2 Å². The Morgan fingerprint density at radius 2 is 2.25 bits per heavy atom. The zero-order valence-electron chi connectivity index (χ0n) is 10.3. The van der Waals surface area contributed by atoms with E-state index in [-0.39, 0.29) is 19.0 Å². The largest absolute Gasteiger partial charge is 0.328 e. The lowest BCUT2D eigenvalue weighted by molar-refractivity contribution is 0.152. The number of nitrogens with two attached hydrogens (primary N) is 1. The van der Waals surface area contributed by atoms with E-state index in [1.165, 1.54) is 6.33 Å². The number of nitrogens with zero attached hydrogens (tertiary/aromatic N) is 3. The summed E-state index contributed by atoms with van der Waals surface area (Å²) in [5.74, 6) is 0.677. The standard InChI is InChI=1S/C11H21FN4/c1-4-5-11(12,7-13)6-10-14-8-15-16(10)9(2)3/h8-9H,4-7,13H2,1-3H3. The number of aromatic nitrogens is 3. The number of rotatable bonds is 6. The van der Waals surface area contributed by atoms with Gasteiger partial charge >= 0.3 is 0 Å². The summed E-state index contributed by atoms with van der Waals surface area (Å²) in [5.41, 5.74) is 4.15. The second-order valence-electron chi connectivity index (χ2n) is 4.50. The molecule has 5 heteroatoms. The highest BCUT2D eigenvalue weighted by Gasteiger charge is 2.29. The van der Waals surface area contributed by atoms with Gasteiger partial charge in [0.25, 0.3) is 0 Å². The Labute approximate surface area is 96.0 Å². The molecule has 4 nitrogen and oxygen atoms in total. The van der Waals surface area contributed by atoms with Crippen LogP contribution in [0.3, 0.4) is 0 Å². The fourth-order valence-electron chi connectivity index (χ4n) is 1.83. The van der Waals surface area contributed by atoms with Crippen LogP contribution >= 0.6 is 0 Å². The molecule has 92 valence electrons. The van der Waals surface area contributed by atoms with Gasteiger partial charge in [-0.05, 0) is 20.3 Å². The lowest BCUT2D eigenvalue weighted by atomic mass is 9.96. The van der Waals surface area contributed by atoms with E-state index < -0.39 is 5.67 Å². The van der Waals surface area contributed by atoms with Crippen molar-refractivity contribution in [3.8, 4) is 0 Å². The molecule has 16 heavy (non-hydrogen) atoms. The molecular formula is C11H21FN4. The molecule has 1 atom stereocenters. The molecule has 0 bridgehead atoms. The molecule has 0 aliphatic rings. The molecule has 1 aromatic heterocycles. The van der Waals surface area contributed by atoms with E-state index in [4.69, 9.17) is 5.73 Å². The van der Waals surface area contributed by atoms with E-state index in [0.29, 0.717) is 12.2 Å². The highest BCUT2D eigenvalue weighted by molar-refractivity contribution is 4.96. The van der Waals surface area contributed by atoms with Gasteiger partial charge in [0.15, 0.2) is 0 Å². The molecule has 0 aliphatic heterocycles. The molecule has 0 saturated heterocycles. The topological polar surface area (TPSA) is 56.7 Å². The monoisotopic (exact) mass is 228 g/mol. The Morgan fingerprint density at radius 3 is 2.75 bits per heavy atom. The normalized spacial score (nSPS) is 15.4. The average molecular weight is 228 g/mol. The third-order valence-electron chi connectivity index (χ3n) is 2.68. The van der Waals surface area contributed by atoms with Crippen LogP contribution in [-0.4, -0.2) is 27.0 Å². The Balaban J connectivity index is 2.81. The first-order valence-electron chi connectivity index (χ1n) is 5.80. The summed E-state index contributed by atoms with van der Waals surface area (Å²) < 4.78 is 16.1. The fraction of sp³-hybridized carbons (Fsp3) is 0.818. The minimum Gasteiger partial charge on any atom is -0.328 e. The summed E-state index contributed by atoms with van der Waals surface area (Å²) in [6.07, 6.45) is 2.96. The van der Waals surface area contributed by atoms with Crippen molar-refractivity contribution in [2.45, 2.75) is 51.7 Å². The van der Waals surface area contributed by atoms with Crippen LogP contribution in [-0.2, 0) is 6.42 Å². The van der Waals surface area contributed by atoms with Gasteiger partial charge < -0.3 is 5.73 Å². The van der Waals surface area contributed by atoms with Crippen molar-refractivity contribution in [3.63, 3.8) is 0 Å². The van der Waals surface area contributed by atoms with Gasteiger partial charge in [-0.1, -0.05) is 13.3 Å². The van der Waals surface area contributed by atoms with E-state index >= 15 is 0 Å². The second-order valence-corrected chi connectivity index (χ2v) is 4.50. The minimum atomic E-state index is -1.35. The van der Waals surface area contributed by atoms with Crippen LogP contribution in [0.5, 0.6) is 0 Å². The quantitative estimate of drug-likeness (QED) is 0.808. The zero-order chi connectivity index (χ0) is 12.2. The fourth-order valence-corrected chi connectivity index (χ4v) is 1.83. The van der Waals surface area contributed by atoms with E-state index in [0.717, 1.165) is 6.42 Å². The molecule has 0 radical (unpaired) electrons. The smallest absolute Gasteiger partial charge is 0.138 e. The van der Waals surface area contributed by atoms with Gasteiger partial charge in [-0.3, -0.25) is 0 Å². The van der Waals surface area contributed by atoms with Crippen molar-refractivity contribution in [1.29, 1.82) is 0 Å². The van der Waals surface area contributed by atoms with Crippen LogP contribution in [0.1, 0.15) is 45.5 Å². The molecular weight excluding hydrogens is 207 g/mol. The van der Waals surface area contributed by atoms with E-state index in [1.807, 2.05) is 20.8 Å². The molecule has 2 N–H and O–H groups in total. The van der Waals surface area contributed by atoms with Gasteiger partial charge in [0.2, 0.25) is 0 Å². The second kappa shape index (κ2) is 5.39.